The van der Waals surface area contributed by atoms with E-state index in [1.54, 1.807) is 6.92 Å². The van der Waals surface area contributed by atoms with E-state index in [4.69, 9.17) is 20.1 Å². The predicted octanol–water partition coefficient (Wildman–Crippen LogP) is 0.0760. The number of carboxylic acid groups (broad SMARTS) is 1. The lowest BCUT2D eigenvalue weighted by Crippen LogP contribution is -2.20. The molecule has 0 aliphatic carbocycles. The molecule has 0 saturated carbocycles. The molecule has 0 saturated heterocycles. The smallest absolute Gasteiger partial charge is 0.328 e. The van der Waals surface area contributed by atoms with Crippen LogP contribution in [0.15, 0.2) is 4.52 Å². The van der Waals surface area contributed by atoms with Crippen molar-refractivity contribution in [3.05, 3.63) is 11.3 Å². The highest BCUT2D eigenvalue weighted by atomic mass is 16.5. The highest BCUT2D eigenvalue weighted by Crippen LogP contribution is 2.23. The van der Waals surface area contributed by atoms with Gasteiger partial charge in [0.1, 0.15) is 0 Å². The molecular formula is C7H10N2O4. The van der Waals surface area contributed by atoms with Crippen LogP contribution in [0.5, 0.6) is 5.88 Å². The first-order chi connectivity index (χ1) is 6.07. The first-order valence-corrected chi connectivity index (χ1v) is 3.56. The van der Waals surface area contributed by atoms with E-state index < -0.39 is 12.0 Å². The fourth-order valence-corrected chi connectivity index (χ4v) is 0.925. The van der Waals surface area contributed by atoms with Gasteiger partial charge in [-0.3, -0.25) is 4.79 Å². The largest absolute Gasteiger partial charge is 0.480 e. The highest BCUT2D eigenvalue weighted by molar-refractivity contribution is 5.74. The minimum Gasteiger partial charge on any atom is -0.480 e. The van der Waals surface area contributed by atoms with Gasteiger partial charge in [0.2, 0.25) is 0 Å². The maximum Gasteiger partial charge on any atom is 0.328 e. The van der Waals surface area contributed by atoms with Crippen LogP contribution in [0.1, 0.15) is 17.4 Å². The van der Waals surface area contributed by atoms with Crippen molar-refractivity contribution in [2.45, 2.75) is 13.0 Å². The van der Waals surface area contributed by atoms with Gasteiger partial charge in [0.25, 0.3) is 5.88 Å². The standard InChI is InChI=1S/C7H10N2O4/c1-3-5(4(8)7(10)11)13-9-6(3)12-2/h4H,8H2,1-2H3,(H,10,11). The zero-order valence-corrected chi connectivity index (χ0v) is 7.27. The van der Waals surface area contributed by atoms with Crippen molar-refractivity contribution in [3.63, 3.8) is 0 Å². The molecule has 6 nitrogen and oxygen atoms in total. The van der Waals surface area contributed by atoms with Crippen LogP contribution in [-0.4, -0.2) is 23.3 Å². The van der Waals surface area contributed by atoms with Gasteiger partial charge in [-0.25, -0.2) is 0 Å². The number of hydrogen-bond donors (Lipinski definition) is 2. The lowest BCUT2D eigenvalue weighted by molar-refractivity contribution is -0.139. The van der Waals surface area contributed by atoms with Crippen molar-refractivity contribution >= 4 is 5.97 Å². The summed E-state index contributed by atoms with van der Waals surface area (Å²) in [6.45, 7) is 1.63. The number of hydrogen-bond acceptors (Lipinski definition) is 5. The molecule has 1 atom stereocenters. The van der Waals surface area contributed by atoms with E-state index >= 15 is 0 Å². The molecule has 13 heavy (non-hydrogen) atoms. The molecule has 0 aliphatic rings. The molecule has 0 aromatic carbocycles. The van der Waals surface area contributed by atoms with E-state index in [1.165, 1.54) is 7.11 Å². The Morgan fingerprint density at radius 3 is 2.77 bits per heavy atom. The van der Waals surface area contributed by atoms with Gasteiger partial charge >= 0.3 is 5.97 Å². The molecule has 0 spiro atoms. The van der Waals surface area contributed by atoms with E-state index in [-0.39, 0.29) is 11.6 Å². The molecule has 0 amide bonds. The summed E-state index contributed by atoms with van der Waals surface area (Å²) in [5.41, 5.74) is 5.83. The van der Waals surface area contributed by atoms with Crippen molar-refractivity contribution in [1.29, 1.82) is 0 Å². The van der Waals surface area contributed by atoms with Crippen LogP contribution in [0.3, 0.4) is 0 Å². The Hall–Kier alpha value is -1.56. The van der Waals surface area contributed by atoms with Crippen LogP contribution < -0.4 is 10.5 Å². The van der Waals surface area contributed by atoms with E-state index in [0.29, 0.717) is 5.56 Å². The van der Waals surface area contributed by atoms with Crippen molar-refractivity contribution in [1.82, 2.24) is 5.16 Å². The minimum atomic E-state index is -1.20. The van der Waals surface area contributed by atoms with Gasteiger partial charge in [-0.1, -0.05) is 0 Å². The molecule has 72 valence electrons. The molecule has 1 heterocycles. The third kappa shape index (κ3) is 1.62. The Balaban J connectivity index is 3.02. The summed E-state index contributed by atoms with van der Waals surface area (Å²) in [6, 6.07) is -1.20. The molecule has 1 aromatic rings. The van der Waals surface area contributed by atoms with Crippen molar-refractivity contribution in [3.8, 4) is 5.88 Å². The number of rotatable bonds is 3. The molecule has 0 radical (unpaired) electrons. The molecule has 0 bridgehead atoms. The summed E-state index contributed by atoms with van der Waals surface area (Å²) in [5.74, 6) is -0.794. The molecule has 1 rings (SSSR count). The van der Waals surface area contributed by atoms with E-state index in [1.807, 2.05) is 0 Å². The summed E-state index contributed by atoms with van der Waals surface area (Å²) < 4.78 is 9.53. The van der Waals surface area contributed by atoms with E-state index in [0.717, 1.165) is 0 Å². The Bertz CT molecular complexity index is 320. The van der Waals surface area contributed by atoms with Crippen LogP contribution in [0, 0.1) is 6.92 Å². The van der Waals surface area contributed by atoms with Crippen LogP contribution in [0.25, 0.3) is 0 Å². The van der Waals surface area contributed by atoms with Crippen LogP contribution in [0.4, 0.5) is 0 Å². The lowest BCUT2D eigenvalue weighted by atomic mass is 10.1. The number of nitrogens with zero attached hydrogens (tertiary/aromatic N) is 1. The first-order valence-electron chi connectivity index (χ1n) is 3.56. The summed E-state index contributed by atoms with van der Waals surface area (Å²) in [4.78, 5) is 10.5. The maximum atomic E-state index is 10.5. The highest BCUT2D eigenvalue weighted by Gasteiger charge is 2.24. The van der Waals surface area contributed by atoms with Gasteiger partial charge in [0.05, 0.1) is 12.7 Å². The molecule has 0 aliphatic heterocycles. The molecule has 1 aromatic heterocycles. The number of aromatic nitrogens is 1. The van der Waals surface area contributed by atoms with Crippen LogP contribution >= 0.6 is 0 Å². The van der Waals surface area contributed by atoms with Gasteiger partial charge in [0.15, 0.2) is 11.8 Å². The Morgan fingerprint density at radius 2 is 2.38 bits per heavy atom. The predicted molar refractivity (Wildman–Crippen MR) is 42.4 cm³/mol. The molecule has 0 fully saturated rings. The second-order valence-corrected chi connectivity index (χ2v) is 2.50. The summed E-state index contributed by atoms with van der Waals surface area (Å²) in [6.07, 6.45) is 0. The summed E-state index contributed by atoms with van der Waals surface area (Å²) in [5, 5.41) is 12.1. The Morgan fingerprint density at radius 1 is 1.77 bits per heavy atom. The fraction of sp³-hybridized carbons (Fsp3) is 0.429. The second-order valence-electron chi connectivity index (χ2n) is 2.50. The van der Waals surface area contributed by atoms with Crippen molar-refractivity contribution in [2.24, 2.45) is 5.73 Å². The van der Waals surface area contributed by atoms with Gasteiger partial charge in [-0.15, -0.1) is 0 Å². The monoisotopic (exact) mass is 186 g/mol. The van der Waals surface area contributed by atoms with Crippen LogP contribution in [0.2, 0.25) is 0 Å². The molecule has 6 heteroatoms. The molecular weight excluding hydrogens is 176 g/mol. The number of carbonyl (C=O) groups is 1. The second kappa shape index (κ2) is 3.44. The maximum absolute atomic E-state index is 10.5. The van der Waals surface area contributed by atoms with Gasteiger partial charge in [0, 0.05) is 0 Å². The lowest BCUT2D eigenvalue weighted by Gasteiger charge is -2.01. The number of methoxy groups -OCH3 is 1. The number of carboxylic acids is 1. The Labute approximate surface area is 74.3 Å². The quantitative estimate of drug-likeness (QED) is 0.693. The SMILES string of the molecule is COc1noc(C(N)C(=O)O)c1C. The number of nitrogens with two attached hydrogens (primary N) is 1. The fourth-order valence-electron chi connectivity index (χ4n) is 0.925. The Kier molecular flexibility index (Phi) is 2.52. The number of aliphatic carboxylic acids is 1. The zero-order valence-electron chi connectivity index (χ0n) is 7.27. The zero-order chi connectivity index (χ0) is 10.0. The molecule has 3 N–H and O–H groups in total. The van der Waals surface area contributed by atoms with Crippen LogP contribution in [-0.2, 0) is 4.79 Å². The third-order valence-electron chi connectivity index (χ3n) is 1.66. The van der Waals surface area contributed by atoms with E-state index in [2.05, 4.69) is 5.16 Å². The first kappa shape index (κ1) is 9.53. The van der Waals surface area contributed by atoms with Crippen molar-refractivity contribution < 1.29 is 19.2 Å². The van der Waals surface area contributed by atoms with Crippen molar-refractivity contribution in [2.75, 3.05) is 7.11 Å². The average molecular weight is 186 g/mol. The summed E-state index contributed by atoms with van der Waals surface area (Å²) >= 11 is 0. The minimum absolute atomic E-state index is 0.115. The third-order valence-corrected chi connectivity index (χ3v) is 1.66. The summed E-state index contributed by atoms with van der Waals surface area (Å²) in [7, 11) is 1.42. The topological polar surface area (TPSA) is 98.6 Å². The van der Waals surface area contributed by atoms with Gasteiger partial charge < -0.3 is 20.1 Å². The molecule has 1 unspecified atom stereocenters. The van der Waals surface area contributed by atoms with E-state index in [9.17, 15) is 4.79 Å². The van der Waals surface area contributed by atoms with Gasteiger partial charge in [-0.05, 0) is 12.1 Å². The number of ether oxygens (including phenoxy) is 1. The normalized spacial score (nSPS) is 12.5. The van der Waals surface area contributed by atoms with Gasteiger partial charge in [-0.2, -0.15) is 0 Å². The average Bonchev–Trinajstić information content (AvgIpc) is 2.45.